The molecule has 7 heteroatoms. The van der Waals surface area contributed by atoms with Crippen LogP contribution < -0.4 is 4.74 Å². The maximum absolute atomic E-state index is 13.9. The third-order valence-electron chi connectivity index (χ3n) is 4.62. The minimum Gasteiger partial charge on any atom is -0.483 e. The third kappa shape index (κ3) is 4.83. The second kappa shape index (κ2) is 9.57. The fourth-order valence-corrected chi connectivity index (χ4v) is 4.02. The number of hydrogen-bond acceptors (Lipinski definition) is 5. The number of Topliss-reactive ketones (excluding diaryl/α,β-unsaturated/α-hetero) is 1. The molecule has 0 saturated carbocycles. The number of hydrogen-bond donors (Lipinski definition) is 0. The molecule has 4 rings (SSSR count). The molecule has 0 fully saturated rings. The minimum absolute atomic E-state index is 0.0115. The summed E-state index contributed by atoms with van der Waals surface area (Å²) in [5, 5.41) is 8.75. The zero-order valence-electron chi connectivity index (χ0n) is 16.8. The number of aromatic nitrogens is 3. The van der Waals surface area contributed by atoms with Crippen LogP contribution in [0.3, 0.4) is 0 Å². The van der Waals surface area contributed by atoms with Crippen molar-refractivity contribution in [2.24, 2.45) is 0 Å². The molecule has 3 aromatic carbocycles. The van der Waals surface area contributed by atoms with Gasteiger partial charge in [0, 0.05) is 11.3 Å². The Morgan fingerprint density at radius 3 is 2.32 bits per heavy atom. The monoisotopic (exact) mass is 433 g/mol. The highest BCUT2D eigenvalue weighted by atomic mass is 32.2. The molecular weight excluding hydrogens is 413 g/mol. The molecule has 0 spiro atoms. The molecule has 0 saturated heterocycles. The molecule has 1 unspecified atom stereocenters. The van der Waals surface area contributed by atoms with Crippen LogP contribution in [-0.2, 0) is 6.61 Å². The molecule has 0 N–H and O–H groups in total. The van der Waals surface area contributed by atoms with E-state index in [1.54, 1.807) is 30.3 Å². The van der Waals surface area contributed by atoms with E-state index in [2.05, 4.69) is 10.2 Å². The largest absolute Gasteiger partial charge is 0.483 e. The van der Waals surface area contributed by atoms with Gasteiger partial charge in [0.1, 0.15) is 6.61 Å². The van der Waals surface area contributed by atoms with E-state index in [0.29, 0.717) is 16.5 Å². The van der Waals surface area contributed by atoms with Gasteiger partial charge >= 0.3 is 0 Å². The lowest BCUT2D eigenvalue weighted by Gasteiger charge is -2.13. The van der Waals surface area contributed by atoms with Crippen molar-refractivity contribution in [3.05, 3.63) is 102 Å². The predicted octanol–water partition coefficient (Wildman–Crippen LogP) is 5.35. The van der Waals surface area contributed by atoms with E-state index >= 15 is 0 Å². The number of rotatable bonds is 8. The van der Waals surface area contributed by atoms with Crippen LogP contribution >= 0.6 is 11.8 Å². The third-order valence-corrected chi connectivity index (χ3v) is 5.66. The fourth-order valence-electron chi connectivity index (χ4n) is 3.06. The van der Waals surface area contributed by atoms with Gasteiger partial charge in [0.25, 0.3) is 0 Å². The van der Waals surface area contributed by atoms with Crippen LogP contribution in [0.25, 0.3) is 5.69 Å². The van der Waals surface area contributed by atoms with E-state index in [0.717, 1.165) is 5.69 Å². The highest BCUT2D eigenvalue weighted by molar-refractivity contribution is 8.00. The maximum atomic E-state index is 13.9. The van der Waals surface area contributed by atoms with Crippen LogP contribution in [0.1, 0.15) is 23.1 Å². The van der Waals surface area contributed by atoms with Gasteiger partial charge in [-0.2, -0.15) is 0 Å². The van der Waals surface area contributed by atoms with Crippen LogP contribution in [0.4, 0.5) is 4.39 Å². The zero-order chi connectivity index (χ0) is 21.6. The molecule has 31 heavy (non-hydrogen) atoms. The summed E-state index contributed by atoms with van der Waals surface area (Å²) in [6.45, 7) is 1.88. The summed E-state index contributed by atoms with van der Waals surface area (Å²) in [5.41, 5.74) is 1.48. The average molecular weight is 434 g/mol. The van der Waals surface area contributed by atoms with Crippen molar-refractivity contribution in [1.82, 2.24) is 14.8 Å². The normalized spacial score (nSPS) is 11.8. The lowest BCUT2D eigenvalue weighted by molar-refractivity contribution is 0.0994. The SMILES string of the molecule is CC(Sc1nnc(COc2ccccc2F)n1-c1ccccc1)C(=O)c1ccccc1. The zero-order valence-corrected chi connectivity index (χ0v) is 17.6. The number of para-hydroxylation sites is 2. The van der Waals surface area contributed by atoms with E-state index in [9.17, 15) is 9.18 Å². The van der Waals surface area contributed by atoms with Crippen LogP contribution in [0, 0.1) is 5.82 Å². The number of nitrogens with zero attached hydrogens (tertiary/aromatic N) is 3. The van der Waals surface area contributed by atoms with Crippen LogP contribution in [-0.4, -0.2) is 25.8 Å². The lowest BCUT2D eigenvalue weighted by Crippen LogP contribution is -2.15. The molecule has 0 amide bonds. The standard InChI is InChI=1S/C24H20FN3O2S/c1-17(23(29)18-10-4-2-5-11-18)31-24-27-26-22(28(24)19-12-6-3-7-13-19)16-30-21-15-9-8-14-20(21)25/h2-15,17H,16H2,1H3. The summed E-state index contributed by atoms with van der Waals surface area (Å²) in [5.74, 6) is 0.227. The van der Waals surface area contributed by atoms with Gasteiger partial charge in [0.15, 0.2) is 28.3 Å². The summed E-state index contributed by atoms with van der Waals surface area (Å²) in [7, 11) is 0. The van der Waals surface area contributed by atoms with E-state index in [4.69, 9.17) is 4.74 Å². The fraction of sp³-hybridized carbons (Fsp3) is 0.125. The highest BCUT2D eigenvalue weighted by Crippen LogP contribution is 2.28. The summed E-state index contributed by atoms with van der Waals surface area (Å²) in [6, 6.07) is 25.0. The lowest BCUT2D eigenvalue weighted by atomic mass is 10.1. The van der Waals surface area contributed by atoms with Crippen molar-refractivity contribution in [2.45, 2.75) is 23.9 Å². The molecule has 0 aliphatic rings. The van der Waals surface area contributed by atoms with Gasteiger partial charge in [0.2, 0.25) is 0 Å². The Labute approximate surface area is 183 Å². The van der Waals surface area contributed by atoms with Gasteiger partial charge in [0.05, 0.1) is 5.25 Å². The average Bonchev–Trinajstić information content (AvgIpc) is 3.21. The minimum atomic E-state index is -0.440. The molecule has 0 radical (unpaired) electrons. The topological polar surface area (TPSA) is 57.0 Å². The number of carbonyl (C=O) groups excluding carboxylic acids is 1. The predicted molar refractivity (Wildman–Crippen MR) is 118 cm³/mol. The number of thioether (sulfide) groups is 1. The Bertz CT molecular complexity index is 1170. The van der Waals surface area contributed by atoms with Crippen LogP contribution in [0.15, 0.2) is 90.1 Å². The van der Waals surface area contributed by atoms with E-state index < -0.39 is 5.82 Å². The quantitative estimate of drug-likeness (QED) is 0.277. The maximum Gasteiger partial charge on any atom is 0.196 e. The Balaban J connectivity index is 1.60. The summed E-state index contributed by atoms with van der Waals surface area (Å²) in [4.78, 5) is 12.8. The summed E-state index contributed by atoms with van der Waals surface area (Å²) >= 11 is 1.32. The first-order chi connectivity index (χ1) is 15.1. The van der Waals surface area contributed by atoms with Gasteiger partial charge in [-0.3, -0.25) is 9.36 Å². The Hall–Kier alpha value is -3.45. The first-order valence-electron chi connectivity index (χ1n) is 9.76. The van der Waals surface area contributed by atoms with E-state index in [1.807, 2.05) is 60.0 Å². The number of benzene rings is 3. The Morgan fingerprint density at radius 1 is 0.968 bits per heavy atom. The van der Waals surface area contributed by atoms with Gasteiger partial charge < -0.3 is 4.74 Å². The smallest absolute Gasteiger partial charge is 0.196 e. The van der Waals surface area contributed by atoms with Gasteiger partial charge in [-0.1, -0.05) is 72.4 Å². The Morgan fingerprint density at radius 2 is 1.61 bits per heavy atom. The van der Waals surface area contributed by atoms with Gasteiger partial charge in [-0.25, -0.2) is 4.39 Å². The number of carbonyl (C=O) groups is 1. The second-order valence-electron chi connectivity index (χ2n) is 6.78. The van der Waals surface area contributed by atoms with Crippen molar-refractivity contribution < 1.29 is 13.9 Å². The van der Waals surface area contributed by atoms with Crippen LogP contribution in [0.2, 0.25) is 0 Å². The molecule has 1 aromatic heterocycles. The van der Waals surface area contributed by atoms with Gasteiger partial charge in [-0.05, 0) is 31.2 Å². The van der Waals surface area contributed by atoms with Crippen molar-refractivity contribution in [2.75, 3.05) is 0 Å². The highest BCUT2D eigenvalue weighted by Gasteiger charge is 2.22. The molecular formula is C24H20FN3O2S. The van der Waals surface area contributed by atoms with E-state index in [1.165, 1.54) is 17.8 Å². The first kappa shape index (κ1) is 20.8. The van der Waals surface area contributed by atoms with Crippen LogP contribution in [0.5, 0.6) is 5.75 Å². The van der Waals surface area contributed by atoms with Crippen molar-refractivity contribution in [3.8, 4) is 11.4 Å². The summed E-state index contributed by atoms with van der Waals surface area (Å²) < 4.78 is 21.4. The van der Waals surface area contributed by atoms with Crippen molar-refractivity contribution >= 4 is 17.5 Å². The molecule has 5 nitrogen and oxygen atoms in total. The number of halogens is 1. The number of ketones is 1. The second-order valence-corrected chi connectivity index (χ2v) is 8.09. The van der Waals surface area contributed by atoms with E-state index in [-0.39, 0.29) is 23.4 Å². The molecule has 1 atom stereocenters. The molecule has 4 aromatic rings. The first-order valence-corrected chi connectivity index (χ1v) is 10.6. The van der Waals surface area contributed by atoms with Crippen molar-refractivity contribution in [3.63, 3.8) is 0 Å². The van der Waals surface area contributed by atoms with Crippen molar-refractivity contribution in [1.29, 1.82) is 0 Å². The molecule has 0 aliphatic heterocycles. The molecule has 0 aliphatic carbocycles. The molecule has 156 valence electrons. The molecule has 1 heterocycles. The van der Waals surface area contributed by atoms with Gasteiger partial charge in [-0.15, -0.1) is 10.2 Å². The number of ether oxygens (including phenoxy) is 1. The Kier molecular flexibility index (Phi) is 6.43. The molecule has 0 bridgehead atoms. The summed E-state index contributed by atoms with van der Waals surface area (Å²) in [6.07, 6.45) is 0.